The van der Waals surface area contributed by atoms with Gasteiger partial charge in [-0.2, -0.15) is 0 Å². The van der Waals surface area contributed by atoms with E-state index < -0.39 is 0 Å². The molecule has 0 aromatic heterocycles. The molecule has 0 N–H and O–H groups in total. The second-order valence-electron chi connectivity index (χ2n) is 4.88. The molecule has 2 atom stereocenters. The summed E-state index contributed by atoms with van der Waals surface area (Å²) in [5, 5.41) is 0.535. The molecule has 0 saturated carbocycles. The van der Waals surface area contributed by atoms with Gasteiger partial charge in [-0.25, -0.2) is 0 Å². The van der Waals surface area contributed by atoms with Crippen LogP contribution in [0, 0.1) is 5.92 Å². The van der Waals surface area contributed by atoms with Crippen molar-refractivity contribution in [3.8, 4) is 0 Å². The number of carbonyl (C=O) groups is 1. The van der Waals surface area contributed by atoms with Crippen molar-refractivity contribution >= 4 is 40.9 Å². The number of piperidine rings is 1. The summed E-state index contributed by atoms with van der Waals surface area (Å²) in [6.07, 6.45) is 2.93. The maximum absolute atomic E-state index is 12.5. The number of thioether (sulfide) groups is 1. The van der Waals surface area contributed by atoms with Gasteiger partial charge in [-0.3, -0.25) is 4.79 Å². The molecule has 1 saturated heterocycles. The molecule has 104 valence electrons. The smallest absolute Gasteiger partial charge is 0.255 e. The minimum atomic E-state index is -0.0153. The van der Waals surface area contributed by atoms with Crippen LogP contribution in [-0.4, -0.2) is 35.5 Å². The third-order valence-electron chi connectivity index (χ3n) is 3.56. The summed E-state index contributed by atoms with van der Waals surface area (Å²) in [6.45, 7) is 3.48. The number of alkyl halides is 1. The number of nitrogens with zero attached hydrogens (tertiary/aromatic N) is 1. The Labute approximate surface area is 128 Å². The zero-order chi connectivity index (χ0) is 14.0. The molecule has 0 radical (unpaired) electrons. The molecule has 1 aliphatic rings. The molecule has 5 heteroatoms. The Hall–Kier alpha value is -0.380. The number of amides is 1. The lowest BCUT2D eigenvalue weighted by molar-refractivity contribution is 0.0701. The number of benzene rings is 1. The van der Waals surface area contributed by atoms with E-state index in [1.54, 1.807) is 17.8 Å². The molecule has 0 bridgehead atoms. The third kappa shape index (κ3) is 3.39. The molecule has 1 aromatic rings. The highest BCUT2D eigenvalue weighted by molar-refractivity contribution is 7.98. The van der Waals surface area contributed by atoms with Crippen LogP contribution in [0.2, 0.25) is 5.02 Å². The lowest BCUT2D eigenvalue weighted by Crippen LogP contribution is -2.43. The van der Waals surface area contributed by atoms with Gasteiger partial charge in [0.25, 0.3) is 5.91 Å². The van der Waals surface area contributed by atoms with Crippen LogP contribution in [0.5, 0.6) is 0 Å². The number of halogens is 2. The molecule has 1 fully saturated rings. The quantitative estimate of drug-likeness (QED) is 0.603. The minimum absolute atomic E-state index is 0.0153. The minimum Gasteiger partial charge on any atom is -0.337 e. The first kappa shape index (κ1) is 15.0. The predicted octanol–water partition coefficient (Wildman–Crippen LogP) is 4.15. The number of hydrogen-bond acceptors (Lipinski definition) is 2. The van der Waals surface area contributed by atoms with E-state index in [4.69, 9.17) is 23.2 Å². The zero-order valence-corrected chi connectivity index (χ0v) is 13.4. The van der Waals surface area contributed by atoms with Crippen molar-refractivity contribution in [2.75, 3.05) is 19.3 Å². The lowest BCUT2D eigenvalue weighted by atomic mass is 9.98. The normalized spacial score (nSPS) is 23.5. The number of likely N-dealkylation sites (tertiary alicyclic amines) is 1. The Morgan fingerprint density at radius 3 is 2.84 bits per heavy atom. The molecule has 1 aliphatic heterocycles. The monoisotopic (exact) mass is 317 g/mol. The molecule has 0 spiro atoms. The summed E-state index contributed by atoms with van der Waals surface area (Å²) in [4.78, 5) is 15.4. The van der Waals surface area contributed by atoms with Gasteiger partial charge in [-0.05, 0) is 36.8 Å². The van der Waals surface area contributed by atoms with E-state index in [1.165, 1.54) is 0 Å². The Kier molecular flexibility index (Phi) is 5.04. The van der Waals surface area contributed by atoms with Crippen LogP contribution in [0.4, 0.5) is 0 Å². The molecule has 2 rings (SSSR count). The first-order valence-corrected chi connectivity index (χ1v) is 8.33. The van der Waals surface area contributed by atoms with E-state index in [0.29, 0.717) is 23.0 Å². The van der Waals surface area contributed by atoms with Crippen molar-refractivity contribution in [3.63, 3.8) is 0 Å². The van der Waals surface area contributed by atoms with Crippen LogP contribution in [-0.2, 0) is 0 Å². The lowest BCUT2D eigenvalue weighted by Gasteiger charge is -2.34. The summed E-state index contributed by atoms with van der Waals surface area (Å²) >= 11 is 14.0. The summed E-state index contributed by atoms with van der Waals surface area (Å²) in [6, 6.07) is 5.56. The van der Waals surface area contributed by atoms with E-state index in [9.17, 15) is 4.79 Å². The molecule has 1 amide bonds. The molecule has 1 heterocycles. The number of rotatable bonds is 2. The molecule has 2 unspecified atom stereocenters. The third-order valence-corrected chi connectivity index (χ3v) is 5.18. The largest absolute Gasteiger partial charge is 0.337 e. The van der Waals surface area contributed by atoms with E-state index in [0.717, 1.165) is 17.9 Å². The summed E-state index contributed by atoms with van der Waals surface area (Å²) in [5.74, 6) is 0.442. The van der Waals surface area contributed by atoms with E-state index >= 15 is 0 Å². The van der Waals surface area contributed by atoms with Crippen molar-refractivity contribution < 1.29 is 4.79 Å². The van der Waals surface area contributed by atoms with E-state index in [1.807, 2.05) is 23.3 Å². The maximum atomic E-state index is 12.5. The molecule has 1 aromatic carbocycles. The fourth-order valence-corrected chi connectivity index (χ4v) is 3.10. The van der Waals surface area contributed by atoms with Crippen LogP contribution in [0.15, 0.2) is 23.1 Å². The van der Waals surface area contributed by atoms with Gasteiger partial charge in [0.2, 0.25) is 0 Å². The van der Waals surface area contributed by atoms with Crippen LogP contribution in [0.3, 0.4) is 0 Å². The van der Waals surface area contributed by atoms with Gasteiger partial charge in [0.15, 0.2) is 0 Å². The topological polar surface area (TPSA) is 20.3 Å². The van der Waals surface area contributed by atoms with Crippen molar-refractivity contribution in [2.24, 2.45) is 5.92 Å². The summed E-state index contributed by atoms with van der Waals surface area (Å²) in [7, 11) is 0. The Morgan fingerprint density at radius 2 is 2.21 bits per heavy atom. The Balaban J connectivity index is 2.20. The fraction of sp³-hybridized carbons (Fsp3) is 0.500. The van der Waals surface area contributed by atoms with Gasteiger partial charge < -0.3 is 4.90 Å². The highest BCUT2D eigenvalue weighted by atomic mass is 35.5. The van der Waals surface area contributed by atoms with E-state index in [-0.39, 0.29) is 11.3 Å². The average Bonchev–Trinajstić information content (AvgIpc) is 2.41. The van der Waals surface area contributed by atoms with Gasteiger partial charge in [0.05, 0.1) is 16.0 Å². The van der Waals surface area contributed by atoms with Gasteiger partial charge in [0.1, 0.15) is 0 Å². The van der Waals surface area contributed by atoms with Crippen LogP contribution in [0.1, 0.15) is 23.7 Å². The van der Waals surface area contributed by atoms with Gasteiger partial charge in [-0.1, -0.05) is 18.5 Å². The van der Waals surface area contributed by atoms with Crippen LogP contribution >= 0.6 is 35.0 Å². The van der Waals surface area contributed by atoms with Gasteiger partial charge in [0, 0.05) is 18.0 Å². The average molecular weight is 318 g/mol. The van der Waals surface area contributed by atoms with Gasteiger partial charge >= 0.3 is 0 Å². The predicted molar refractivity (Wildman–Crippen MR) is 82.6 cm³/mol. The standard InChI is InChI=1S/C14H17Cl2NOS/c1-9-5-6-17(8-13(9)16)14(18)11-7-10(19-2)3-4-12(11)15/h3-4,7,9,13H,5-6,8H2,1-2H3. The van der Waals surface area contributed by atoms with Crippen molar-refractivity contribution in [2.45, 2.75) is 23.6 Å². The number of carbonyl (C=O) groups excluding carboxylic acids is 1. The molecule has 19 heavy (non-hydrogen) atoms. The molecular weight excluding hydrogens is 301 g/mol. The van der Waals surface area contributed by atoms with Crippen LogP contribution < -0.4 is 0 Å². The fourth-order valence-electron chi connectivity index (χ4n) is 2.17. The van der Waals surface area contributed by atoms with E-state index in [2.05, 4.69) is 6.92 Å². The second-order valence-corrected chi connectivity index (χ2v) is 6.73. The van der Waals surface area contributed by atoms with Crippen molar-refractivity contribution in [3.05, 3.63) is 28.8 Å². The molecular formula is C14H17Cl2NOS. The molecule has 2 nitrogen and oxygen atoms in total. The highest BCUT2D eigenvalue weighted by Gasteiger charge is 2.28. The SMILES string of the molecule is CSc1ccc(Cl)c(C(=O)N2CCC(C)C(Cl)C2)c1. The first-order valence-electron chi connectivity index (χ1n) is 6.29. The number of hydrogen-bond donors (Lipinski definition) is 0. The van der Waals surface area contributed by atoms with Crippen LogP contribution in [0.25, 0.3) is 0 Å². The summed E-state index contributed by atoms with van der Waals surface area (Å²) < 4.78 is 0. The maximum Gasteiger partial charge on any atom is 0.255 e. The Bertz CT molecular complexity index is 481. The zero-order valence-electron chi connectivity index (χ0n) is 11.0. The second kappa shape index (κ2) is 6.38. The summed E-state index contributed by atoms with van der Waals surface area (Å²) in [5.41, 5.74) is 0.576. The van der Waals surface area contributed by atoms with Gasteiger partial charge in [-0.15, -0.1) is 23.4 Å². The van der Waals surface area contributed by atoms with Crippen molar-refractivity contribution in [1.29, 1.82) is 0 Å². The Morgan fingerprint density at radius 1 is 1.47 bits per heavy atom. The molecule has 0 aliphatic carbocycles. The first-order chi connectivity index (χ1) is 9.02. The highest BCUT2D eigenvalue weighted by Crippen LogP contribution is 2.27. The van der Waals surface area contributed by atoms with Crippen molar-refractivity contribution in [1.82, 2.24) is 4.90 Å².